The third kappa shape index (κ3) is 3.41. The molecule has 1 heterocycles. The van der Waals surface area contributed by atoms with Gasteiger partial charge in [0.05, 0.1) is 15.4 Å². The van der Waals surface area contributed by atoms with Gasteiger partial charge in [0.25, 0.3) is 5.91 Å². The lowest BCUT2D eigenvalue weighted by molar-refractivity contribution is 0.102. The first kappa shape index (κ1) is 22.6. The summed E-state index contributed by atoms with van der Waals surface area (Å²) in [6.07, 6.45) is 0. The van der Waals surface area contributed by atoms with Gasteiger partial charge in [-0.3, -0.25) is 4.79 Å². The first-order valence-corrected chi connectivity index (χ1v) is 12.8. The molecule has 0 saturated carbocycles. The van der Waals surface area contributed by atoms with Gasteiger partial charge in [-0.15, -0.1) is 0 Å². The summed E-state index contributed by atoms with van der Waals surface area (Å²) in [5.41, 5.74) is 1.75. The Labute approximate surface area is 211 Å². The van der Waals surface area contributed by atoms with Crippen LogP contribution in [0.1, 0.15) is 10.4 Å². The van der Waals surface area contributed by atoms with Crippen LogP contribution < -0.4 is 5.32 Å². The van der Waals surface area contributed by atoms with Crippen molar-refractivity contribution in [1.82, 2.24) is 0 Å². The van der Waals surface area contributed by atoms with Gasteiger partial charge in [0.2, 0.25) is 15.6 Å². The SMILES string of the molecule is O=C(Nc1ccc2c(c1)S(=O)(=O)c1ccccc1-2)c1cc(-c2cccc3ccccc23)c(O)c(O)c1O. The standard InChI is InChI=1S/C29H19NO6S/c31-26-22(19-10-5-7-16-6-1-2-8-18(16)19)15-23(27(32)28(26)33)29(34)30-17-12-13-21-20-9-3-4-11-24(20)37(35,36)25(21)14-17/h1-15,31-33H,(H,30,34). The molecule has 5 aromatic rings. The number of phenols is 3. The number of nitrogens with one attached hydrogen (secondary N) is 1. The number of hydrogen-bond donors (Lipinski definition) is 4. The second kappa shape index (κ2) is 8.11. The van der Waals surface area contributed by atoms with E-state index in [1.54, 1.807) is 42.5 Å². The fraction of sp³-hybridized carbons (Fsp3) is 0. The van der Waals surface area contributed by atoms with E-state index < -0.39 is 33.0 Å². The molecule has 6 rings (SSSR count). The molecule has 1 aliphatic rings. The van der Waals surface area contributed by atoms with Crippen molar-refractivity contribution in [1.29, 1.82) is 0 Å². The highest BCUT2D eigenvalue weighted by molar-refractivity contribution is 7.92. The normalized spacial score (nSPS) is 13.2. The van der Waals surface area contributed by atoms with Gasteiger partial charge in [0.15, 0.2) is 11.5 Å². The topological polar surface area (TPSA) is 124 Å². The molecule has 0 spiro atoms. The van der Waals surface area contributed by atoms with E-state index in [1.807, 2.05) is 30.3 Å². The van der Waals surface area contributed by atoms with E-state index in [4.69, 9.17) is 0 Å². The van der Waals surface area contributed by atoms with Crippen LogP contribution >= 0.6 is 0 Å². The number of amides is 1. The van der Waals surface area contributed by atoms with Gasteiger partial charge in [-0.2, -0.15) is 0 Å². The van der Waals surface area contributed by atoms with Gasteiger partial charge in [-0.1, -0.05) is 66.7 Å². The Morgan fingerprint density at radius 1 is 0.622 bits per heavy atom. The average Bonchev–Trinajstić information content (AvgIpc) is 3.13. The van der Waals surface area contributed by atoms with Crippen LogP contribution in [0.25, 0.3) is 33.0 Å². The Kier molecular flexibility index (Phi) is 4.96. The summed E-state index contributed by atoms with van der Waals surface area (Å²) >= 11 is 0. The van der Waals surface area contributed by atoms with Crippen molar-refractivity contribution in [3.63, 3.8) is 0 Å². The minimum atomic E-state index is -3.75. The molecular formula is C29H19NO6S. The quantitative estimate of drug-likeness (QED) is 0.227. The first-order valence-electron chi connectivity index (χ1n) is 11.3. The molecule has 1 aliphatic heterocycles. The zero-order valence-electron chi connectivity index (χ0n) is 19.1. The minimum Gasteiger partial charge on any atom is -0.504 e. The van der Waals surface area contributed by atoms with E-state index in [1.165, 1.54) is 18.2 Å². The maximum atomic E-state index is 13.2. The van der Waals surface area contributed by atoms with Crippen molar-refractivity contribution < 1.29 is 28.5 Å². The van der Waals surface area contributed by atoms with Crippen molar-refractivity contribution in [2.75, 3.05) is 5.32 Å². The second-order valence-electron chi connectivity index (χ2n) is 8.71. The van der Waals surface area contributed by atoms with Gasteiger partial charge in [-0.25, -0.2) is 8.42 Å². The van der Waals surface area contributed by atoms with Crippen molar-refractivity contribution in [3.8, 4) is 39.5 Å². The van der Waals surface area contributed by atoms with Crippen LogP contribution in [-0.2, 0) is 9.84 Å². The molecule has 0 radical (unpaired) electrons. The number of rotatable bonds is 3. The van der Waals surface area contributed by atoms with Crippen molar-refractivity contribution in [3.05, 3.63) is 96.6 Å². The monoisotopic (exact) mass is 509 g/mol. The molecular weight excluding hydrogens is 490 g/mol. The number of benzene rings is 5. The summed E-state index contributed by atoms with van der Waals surface area (Å²) in [5, 5.41) is 35.8. The molecule has 0 atom stereocenters. The Morgan fingerprint density at radius 3 is 2.14 bits per heavy atom. The van der Waals surface area contributed by atoms with Gasteiger partial charge in [0, 0.05) is 22.4 Å². The number of fused-ring (bicyclic) bond motifs is 4. The summed E-state index contributed by atoms with van der Waals surface area (Å²) in [7, 11) is -3.75. The Balaban J connectivity index is 1.41. The maximum Gasteiger partial charge on any atom is 0.259 e. The Hall–Kier alpha value is -4.82. The number of sulfone groups is 1. The molecule has 37 heavy (non-hydrogen) atoms. The van der Waals surface area contributed by atoms with Crippen LogP contribution in [0.3, 0.4) is 0 Å². The largest absolute Gasteiger partial charge is 0.504 e. The predicted octanol–water partition coefficient (Wildman–Crippen LogP) is 5.69. The molecule has 7 nitrogen and oxygen atoms in total. The van der Waals surface area contributed by atoms with E-state index in [-0.39, 0.29) is 26.6 Å². The van der Waals surface area contributed by atoms with Gasteiger partial charge >= 0.3 is 0 Å². The predicted molar refractivity (Wildman–Crippen MR) is 140 cm³/mol. The fourth-order valence-corrected chi connectivity index (χ4v) is 6.48. The molecule has 0 aromatic heterocycles. The zero-order valence-corrected chi connectivity index (χ0v) is 20.0. The van der Waals surface area contributed by atoms with E-state index in [0.29, 0.717) is 16.7 Å². The highest BCUT2D eigenvalue weighted by atomic mass is 32.2. The lowest BCUT2D eigenvalue weighted by atomic mass is 9.95. The Bertz CT molecular complexity index is 1870. The van der Waals surface area contributed by atoms with Crippen molar-refractivity contribution >= 4 is 32.2 Å². The molecule has 0 aliphatic carbocycles. The third-order valence-corrected chi connectivity index (χ3v) is 8.42. The van der Waals surface area contributed by atoms with Crippen LogP contribution in [0.2, 0.25) is 0 Å². The van der Waals surface area contributed by atoms with Gasteiger partial charge < -0.3 is 20.6 Å². The first-order chi connectivity index (χ1) is 17.8. The number of aromatic hydroxyl groups is 3. The summed E-state index contributed by atoms with van der Waals surface area (Å²) in [4.78, 5) is 13.5. The summed E-state index contributed by atoms with van der Waals surface area (Å²) in [5.74, 6) is -2.98. The number of anilines is 1. The molecule has 4 N–H and O–H groups in total. The number of carbonyl (C=O) groups is 1. The molecule has 0 fully saturated rings. The van der Waals surface area contributed by atoms with Gasteiger partial charge in [-0.05, 0) is 40.6 Å². The lowest BCUT2D eigenvalue weighted by Gasteiger charge is -2.15. The summed E-state index contributed by atoms with van der Waals surface area (Å²) in [6, 6.07) is 25.4. The van der Waals surface area contributed by atoms with Crippen LogP contribution in [-0.4, -0.2) is 29.6 Å². The molecule has 0 bridgehead atoms. The molecule has 1 amide bonds. The zero-order chi connectivity index (χ0) is 25.9. The average molecular weight is 510 g/mol. The molecule has 8 heteroatoms. The molecule has 182 valence electrons. The summed E-state index contributed by atoms with van der Waals surface area (Å²) in [6.45, 7) is 0. The van der Waals surface area contributed by atoms with Crippen LogP contribution in [0.4, 0.5) is 5.69 Å². The smallest absolute Gasteiger partial charge is 0.259 e. The number of hydrogen-bond acceptors (Lipinski definition) is 6. The highest BCUT2D eigenvalue weighted by Crippen LogP contribution is 2.47. The van der Waals surface area contributed by atoms with E-state index in [2.05, 4.69) is 5.32 Å². The van der Waals surface area contributed by atoms with Crippen LogP contribution in [0, 0.1) is 0 Å². The van der Waals surface area contributed by atoms with Crippen molar-refractivity contribution in [2.45, 2.75) is 9.79 Å². The molecule has 5 aromatic carbocycles. The van der Waals surface area contributed by atoms with Crippen LogP contribution in [0.5, 0.6) is 17.2 Å². The van der Waals surface area contributed by atoms with Crippen LogP contribution in [0.15, 0.2) is 101 Å². The highest BCUT2D eigenvalue weighted by Gasteiger charge is 2.33. The van der Waals surface area contributed by atoms with Crippen molar-refractivity contribution in [2.24, 2.45) is 0 Å². The maximum absolute atomic E-state index is 13.2. The van der Waals surface area contributed by atoms with Gasteiger partial charge in [0.1, 0.15) is 0 Å². The van der Waals surface area contributed by atoms with E-state index in [0.717, 1.165) is 10.8 Å². The second-order valence-corrected chi connectivity index (χ2v) is 10.6. The summed E-state index contributed by atoms with van der Waals surface area (Å²) < 4.78 is 26.0. The number of phenolic OH excluding ortho intramolecular Hbond substituents is 3. The number of carbonyl (C=O) groups excluding carboxylic acids is 1. The molecule has 0 saturated heterocycles. The lowest BCUT2D eigenvalue weighted by Crippen LogP contribution is -2.13. The Morgan fingerprint density at radius 2 is 1.30 bits per heavy atom. The van der Waals surface area contributed by atoms with E-state index >= 15 is 0 Å². The minimum absolute atomic E-state index is 0.0701. The molecule has 0 unspecified atom stereocenters. The van der Waals surface area contributed by atoms with E-state index in [9.17, 15) is 28.5 Å². The fourth-order valence-electron chi connectivity index (χ4n) is 4.77. The third-order valence-electron chi connectivity index (χ3n) is 6.57.